The number of rotatable bonds is 8. The molecule has 0 atom stereocenters. The number of hydrogen-bond acceptors (Lipinski definition) is 6. The predicted molar refractivity (Wildman–Crippen MR) is 87.2 cm³/mol. The third-order valence-corrected chi connectivity index (χ3v) is 4.22. The van der Waals surface area contributed by atoms with Crippen LogP contribution >= 0.6 is 11.8 Å². The van der Waals surface area contributed by atoms with Crippen molar-refractivity contribution in [1.82, 2.24) is 14.9 Å². The van der Waals surface area contributed by atoms with E-state index in [0.29, 0.717) is 26.8 Å². The normalized spacial score (nSPS) is 13.6. The van der Waals surface area contributed by atoms with Gasteiger partial charge in [-0.05, 0) is 5.56 Å². The smallest absolute Gasteiger partial charge is 0.151 e. The molecule has 1 aliphatic rings. The summed E-state index contributed by atoms with van der Waals surface area (Å²) in [5.41, 5.74) is 2.37. The zero-order valence-corrected chi connectivity index (χ0v) is 13.1. The van der Waals surface area contributed by atoms with Crippen LogP contribution in [0.4, 0.5) is 5.82 Å². The van der Waals surface area contributed by atoms with Crippen LogP contribution in [-0.4, -0.2) is 28.9 Å². The van der Waals surface area contributed by atoms with Gasteiger partial charge < -0.3 is 19.4 Å². The molecule has 0 unspecified atom stereocenters. The minimum Gasteiger partial charge on any atom is -0.355 e. The van der Waals surface area contributed by atoms with Gasteiger partial charge in [0.1, 0.15) is 13.5 Å². The average molecular weight is 320 g/mol. The van der Waals surface area contributed by atoms with E-state index in [4.69, 9.17) is 9.47 Å². The number of ether oxygens (including phenoxy) is 2. The van der Waals surface area contributed by atoms with Crippen molar-refractivity contribution in [3.8, 4) is 0 Å². The van der Waals surface area contributed by atoms with Crippen molar-refractivity contribution in [2.45, 2.75) is 19.1 Å². The molecule has 1 aliphatic heterocycles. The molecule has 118 valence electrons. The summed E-state index contributed by atoms with van der Waals surface area (Å²) in [5.74, 6) is 2.76. The molecule has 0 bridgehead atoms. The third kappa shape index (κ3) is 4.23. The second-order valence-electron chi connectivity index (χ2n) is 4.89. The molecule has 2 N–H and O–H groups in total. The van der Waals surface area contributed by atoms with Crippen LogP contribution in [0.1, 0.15) is 11.3 Å². The van der Waals surface area contributed by atoms with Gasteiger partial charge >= 0.3 is 0 Å². The molecule has 6 nitrogen and oxygen atoms in total. The first-order valence-electron chi connectivity index (χ1n) is 7.19. The SMILES string of the molecule is c1ccc(CSCNCOCn2cnc3c2COCN3)cc1. The standard InChI is InChI=1S/C15H20N4O2S/c1-2-4-13(5-3-1)7-22-11-16-9-21-12-19-8-17-15-14(19)6-20-10-18-15/h1-5,8,16,18H,6-7,9-12H2. The molecule has 0 fully saturated rings. The Morgan fingerprint density at radius 2 is 2.27 bits per heavy atom. The number of thioether (sulfide) groups is 1. The van der Waals surface area contributed by atoms with Crippen LogP contribution in [-0.2, 0) is 28.6 Å². The number of benzene rings is 1. The number of aromatic nitrogens is 2. The quantitative estimate of drug-likeness (QED) is 0.574. The summed E-state index contributed by atoms with van der Waals surface area (Å²) in [4.78, 5) is 4.29. The molecular weight excluding hydrogens is 300 g/mol. The van der Waals surface area contributed by atoms with Gasteiger partial charge in [-0.15, -0.1) is 11.8 Å². The van der Waals surface area contributed by atoms with Crippen LogP contribution in [0, 0.1) is 0 Å². The summed E-state index contributed by atoms with van der Waals surface area (Å²) < 4.78 is 12.9. The van der Waals surface area contributed by atoms with Gasteiger partial charge in [-0.25, -0.2) is 4.98 Å². The van der Waals surface area contributed by atoms with E-state index in [0.717, 1.165) is 23.1 Å². The van der Waals surface area contributed by atoms with Crippen molar-refractivity contribution in [2.24, 2.45) is 0 Å². The highest BCUT2D eigenvalue weighted by Crippen LogP contribution is 2.18. The maximum atomic E-state index is 5.61. The topological polar surface area (TPSA) is 60.3 Å². The van der Waals surface area contributed by atoms with Gasteiger partial charge in [0.15, 0.2) is 5.82 Å². The van der Waals surface area contributed by atoms with Gasteiger partial charge in [-0.1, -0.05) is 30.3 Å². The van der Waals surface area contributed by atoms with E-state index in [9.17, 15) is 0 Å². The molecule has 0 radical (unpaired) electrons. The lowest BCUT2D eigenvalue weighted by atomic mass is 10.2. The minimum atomic E-state index is 0.476. The summed E-state index contributed by atoms with van der Waals surface area (Å²) in [6.07, 6.45) is 1.77. The predicted octanol–water partition coefficient (Wildman–Crippen LogP) is 2.19. The fourth-order valence-electron chi connectivity index (χ4n) is 2.16. The van der Waals surface area contributed by atoms with Crippen LogP contribution in [0.15, 0.2) is 36.7 Å². The van der Waals surface area contributed by atoms with Crippen molar-refractivity contribution < 1.29 is 9.47 Å². The summed E-state index contributed by atoms with van der Waals surface area (Å²) in [6.45, 7) is 2.09. The zero-order chi connectivity index (χ0) is 15.0. The van der Waals surface area contributed by atoms with Crippen LogP contribution in [0.3, 0.4) is 0 Å². The molecule has 0 saturated carbocycles. The Hall–Kier alpha value is -1.54. The first-order chi connectivity index (χ1) is 10.9. The van der Waals surface area contributed by atoms with E-state index in [2.05, 4.69) is 39.9 Å². The molecular formula is C15H20N4O2S. The lowest BCUT2D eigenvalue weighted by Gasteiger charge is -2.16. The summed E-state index contributed by atoms with van der Waals surface area (Å²) in [5, 5.41) is 6.35. The zero-order valence-electron chi connectivity index (χ0n) is 12.3. The van der Waals surface area contributed by atoms with E-state index in [1.165, 1.54) is 5.56 Å². The molecule has 2 heterocycles. The minimum absolute atomic E-state index is 0.476. The number of imidazole rings is 1. The summed E-state index contributed by atoms with van der Waals surface area (Å²) >= 11 is 1.84. The summed E-state index contributed by atoms with van der Waals surface area (Å²) in [6, 6.07) is 10.5. The molecule has 0 amide bonds. The van der Waals surface area contributed by atoms with Gasteiger partial charge in [0.05, 0.1) is 25.4 Å². The van der Waals surface area contributed by atoms with E-state index in [-0.39, 0.29) is 0 Å². The van der Waals surface area contributed by atoms with Gasteiger partial charge in [0.25, 0.3) is 0 Å². The Kier molecular flexibility index (Phi) is 5.72. The van der Waals surface area contributed by atoms with Crippen molar-refractivity contribution in [2.75, 3.05) is 24.7 Å². The molecule has 7 heteroatoms. The largest absolute Gasteiger partial charge is 0.355 e. The second-order valence-corrected chi connectivity index (χ2v) is 5.87. The fraction of sp³-hybridized carbons (Fsp3) is 0.400. The van der Waals surface area contributed by atoms with E-state index in [1.54, 1.807) is 6.33 Å². The number of hydrogen-bond donors (Lipinski definition) is 2. The highest BCUT2D eigenvalue weighted by molar-refractivity contribution is 7.98. The van der Waals surface area contributed by atoms with Crippen molar-refractivity contribution >= 4 is 17.6 Å². The van der Waals surface area contributed by atoms with E-state index in [1.807, 2.05) is 22.4 Å². The number of nitrogens with zero attached hydrogens (tertiary/aromatic N) is 2. The molecule has 22 heavy (non-hydrogen) atoms. The Labute approximate surface area is 134 Å². The second kappa shape index (κ2) is 8.19. The van der Waals surface area contributed by atoms with Crippen molar-refractivity contribution in [1.29, 1.82) is 0 Å². The Bertz CT molecular complexity index is 576. The molecule has 2 aromatic rings. The van der Waals surface area contributed by atoms with E-state index >= 15 is 0 Å². The van der Waals surface area contributed by atoms with Crippen molar-refractivity contribution in [3.05, 3.63) is 47.9 Å². The van der Waals surface area contributed by atoms with Crippen LogP contribution in [0.25, 0.3) is 0 Å². The Morgan fingerprint density at radius 3 is 3.18 bits per heavy atom. The Balaban J connectivity index is 1.29. The van der Waals surface area contributed by atoms with Crippen LogP contribution in [0.5, 0.6) is 0 Å². The molecule has 3 rings (SSSR count). The van der Waals surface area contributed by atoms with Gasteiger partial charge in [0.2, 0.25) is 0 Å². The summed E-state index contributed by atoms with van der Waals surface area (Å²) in [7, 11) is 0. The number of fused-ring (bicyclic) bond motifs is 1. The fourth-order valence-corrected chi connectivity index (χ4v) is 2.92. The van der Waals surface area contributed by atoms with Crippen molar-refractivity contribution in [3.63, 3.8) is 0 Å². The lowest BCUT2D eigenvalue weighted by Crippen LogP contribution is -2.20. The first kappa shape index (κ1) is 15.4. The molecule has 0 spiro atoms. The maximum absolute atomic E-state index is 5.61. The van der Waals surface area contributed by atoms with Crippen LogP contribution < -0.4 is 10.6 Å². The molecule has 0 aliphatic carbocycles. The van der Waals surface area contributed by atoms with Gasteiger partial charge in [-0.3, -0.25) is 5.32 Å². The van der Waals surface area contributed by atoms with Gasteiger partial charge in [-0.2, -0.15) is 0 Å². The average Bonchev–Trinajstić information content (AvgIpc) is 2.98. The Morgan fingerprint density at radius 1 is 1.36 bits per heavy atom. The molecule has 1 aromatic heterocycles. The first-order valence-corrected chi connectivity index (χ1v) is 8.35. The molecule has 0 saturated heterocycles. The number of anilines is 1. The lowest BCUT2D eigenvalue weighted by molar-refractivity contribution is 0.0566. The monoisotopic (exact) mass is 320 g/mol. The highest BCUT2D eigenvalue weighted by atomic mass is 32.2. The number of nitrogens with one attached hydrogen (secondary N) is 2. The van der Waals surface area contributed by atoms with Gasteiger partial charge in [0, 0.05) is 11.6 Å². The highest BCUT2D eigenvalue weighted by Gasteiger charge is 2.14. The molecule has 1 aromatic carbocycles. The third-order valence-electron chi connectivity index (χ3n) is 3.28. The van der Waals surface area contributed by atoms with Crippen LogP contribution in [0.2, 0.25) is 0 Å². The van der Waals surface area contributed by atoms with E-state index < -0.39 is 0 Å². The maximum Gasteiger partial charge on any atom is 0.151 e.